The number of thioether (sulfide) groups is 1. The molecule has 0 aliphatic carbocycles. The minimum atomic E-state index is -0.247. The van der Waals surface area contributed by atoms with Crippen molar-refractivity contribution in [2.45, 2.75) is 5.16 Å². The Kier molecular flexibility index (Phi) is 6.88. The zero-order valence-electron chi connectivity index (χ0n) is 17.3. The number of nitrogens with one attached hydrogen (secondary N) is 1. The largest absolute Gasteiger partial charge is 0.497 e. The van der Waals surface area contributed by atoms with Gasteiger partial charge >= 0.3 is 0 Å². The van der Waals surface area contributed by atoms with Crippen molar-refractivity contribution in [3.63, 3.8) is 0 Å². The van der Waals surface area contributed by atoms with Crippen LogP contribution in [0.1, 0.15) is 5.56 Å². The van der Waals surface area contributed by atoms with Crippen molar-refractivity contribution in [2.24, 2.45) is 5.10 Å². The van der Waals surface area contributed by atoms with E-state index in [9.17, 15) is 4.79 Å². The monoisotopic (exact) mass is 444 g/mol. The molecule has 1 N–H and O–H groups in total. The average Bonchev–Trinajstić information content (AvgIpc) is 3.28. The number of carbonyl (C=O) groups is 1. The second kappa shape index (κ2) is 10.4. The van der Waals surface area contributed by atoms with Gasteiger partial charge in [0.1, 0.15) is 5.75 Å². The van der Waals surface area contributed by atoms with E-state index in [1.54, 1.807) is 31.8 Å². The van der Waals surface area contributed by atoms with Crippen LogP contribution in [-0.4, -0.2) is 44.7 Å². The number of rotatable bonds is 8. The van der Waals surface area contributed by atoms with Gasteiger partial charge in [0.05, 0.1) is 19.1 Å². The maximum Gasteiger partial charge on any atom is 0.250 e. The minimum absolute atomic E-state index is 0.137. The van der Waals surface area contributed by atoms with Crippen molar-refractivity contribution in [3.8, 4) is 22.8 Å². The van der Waals surface area contributed by atoms with E-state index >= 15 is 0 Å². The van der Waals surface area contributed by atoms with E-state index < -0.39 is 0 Å². The van der Waals surface area contributed by atoms with Crippen molar-refractivity contribution in [1.82, 2.24) is 25.2 Å². The van der Waals surface area contributed by atoms with Gasteiger partial charge in [0.15, 0.2) is 11.0 Å². The molecule has 0 radical (unpaired) electrons. The second-order valence-corrected chi connectivity index (χ2v) is 7.52. The Bertz CT molecular complexity index is 1190. The predicted octanol–water partition coefficient (Wildman–Crippen LogP) is 3.58. The SMILES string of the molecule is COc1ccc(-c2nnc(SCC(=O)N/N=C\c3cccnc3)n2-c2ccccc2)cc1. The molecule has 0 aliphatic rings. The summed E-state index contributed by atoms with van der Waals surface area (Å²) in [7, 11) is 1.63. The molecule has 8 nitrogen and oxygen atoms in total. The number of carbonyl (C=O) groups excluding carboxylic acids is 1. The fraction of sp³-hybridized carbons (Fsp3) is 0.0870. The topological polar surface area (TPSA) is 94.3 Å². The van der Waals surface area contributed by atoms with Gasteiger partial charge in [0.25, 0.3) is 5.91 Å². The number of hydrogen-bond donors (Lipinski definition) is 1. The average molecular weight is 445 g/mol. The second-order valence-electron chi connectivity index (χ2n) is 6.57. The molecule has 2 aromatic heterocycles. The van der Waals surface area contributed by atoms with Gasteiger partial charge in [-0.25, -0.2) is 5.43 Å². The summed E-state index contributed by atoms with van der Waals surface area (Å²) in [6, 6.07) is 21.0. The smallest absolute Gasteiger partial charge is 0.250 e. The van der Waals surface area contributed by atoms with Crippen molar-refractivity contribution < 1.29 is 9.53 Å². The van der Waals surface area contributed by atoms with Crippen molar-refractivity contribution in [3.05, 3.63) is 84.7 Å². The van der Waals surface area contributed by atoms with Gasteiger partial charge in [0.2, 0.25) is 0 Å². The molecule has 0 saturated heterocycles. The van der Waals surface area contributed by atoms with E-state index in [0.717, 1.165) is 22.6 Å². The molecule has 1 amide bonds. The number of methoxy groups -OCH3 is 1. The fourth-order valence-electron chi connectivity index (χ4n) is 2.89. The third-order valence-corrected chi connectivity index (χ3v) is 5.34. The number of ether oxygens (including phenoxy) is 1. The fourth-order valence-corrected chi connectivity index (χ4v) is 3.64. The van der Waals surface area contributed by atoms with Gasteiger partial charge in [-0.3, -0.25) is 14.3 Å². The molecule has 2 aromatic carbocycles. The molecule has 4 aromatic rings. The number of hydrazone groups is 1. The van der Waals surface area contributed by atoms with E-state index in [2.05, 4.69) is 25.7 Å². The van der Waals surface area contributed by atoms with Crippen LogP contribution in [0.5, 0.6) is 5.75 Å². The molecule has 2 heterocycles. The molecule has 0 spiro atoms. The van der Waals surface area contributed by atoms with E-state index in [1.165, 1.54) is 11.8 Å². The van der Waals surface area contributed by atoms with Crippen LogP contribution in [0.15, 0.2) is 89.4 Å². The first-order valence-corrected chi connectivity index (χ1v) is 10.7. The molecule has 9 heteroatoms. The molecular formula is C23H20N6O2S. The first-order valence-electron chi connectivity index (χ1n) is 9.74. The Morgan fingerprint density at radius 3 is 2.62 bits per heavy atom. The standard InChI is InChI=1S/C23H20N6O2S/c1-31-20-11-9-18(10-12-20)22-27-28-23(29(22)19-7-3-2-4-8-19)32-16-21(30)26-25-15-17-6-5-13-24-14-17/h2-15H,16H2,1H3,(H,26,30)/b25-15-. The minimum Gasteiger partial charge on any atom is -0.497 e. The Labute approximate surface area is 189 Å². The van der Waals surface area contributed by atoms with Gasteiger partial charge in [0, 0.05) is 29.2 Å². The van der Waals surface area contributed by atoms with Crippen LogP contribution in [0, 0.1) is 0 Å². The Morgan fingerprint density at radius 1 is 1.09 bits per heavy atom. The quantitative estimate of drug-likeness (QED) is 0.254. The molecule has 160 valence electrons. The number of benzene rings is 2. The summed E-state index contributed by atoms with van der Waals surface area (Å²) >= 11 is 1.29. The summed E-state index contributed by atoms with van der Waals surface area (Å²) in [4.78, 5) is 16.3. The van der Waals surface area contributed by atoms with E-state index in [4.69, 9.17) is 4.74 Å². The molecule has 32 heavy (non-hydrogen) atoms. The van der Waals surface area contributed by atoms with E-state index in [-0.39, 0.29) is 11.7 Å². The van der Waals surface area contributed by atoms with Gasteiger partial charge < -0.3 is 4.74 Å². The lowest BCUT2D eigenvalue weighted by atomic mass is 10.2. The van der Waals surface area contributed by atoms with E-state index in [1.807, 2.05) is 65.2 Å². The molecule has 0 aliphatic heterocycles. The van der Waals surface area contributed by atoms with Crippen molar-refractivity contribution >= 4 is 23.9 Å². The predicted molar refractivity (Wildman–Crippen MR) is 124 cm³/mol. The molecular weight excluding hydrogens is 424 g/mol. The summed E-state index contributed by atoms with van der Waals surface area (Å²) in [6.45, 7) is 0. The van der Waals surface area contributed by atoms with E-state index in [0.29, 0.717) is 11.0 Å². The van der Waals surface area contributed by atoms with Crippen LogP contribution in [0.4, 0.5) is 0 Å². The third kappa shape index (κ3) is 5.19. The molecule has 0 unspecified atom stereocenters. The van der Waals surface area contributed by atoms with Crippen LogP contribution >= 0.6 is 11.8 Å². The number of aromatic nitrogens is 4. The van der Waals surface area contributed by atoms with Crippen molar-refractivity contribution in [1.29, 1.82) is 0 Å². The van der Waals surface area contributed by atoms with Crippen LogP contribution in [0.2, 0.25) is 0 Å². The Morgan fingerprint density at radius 2 is 1.91 bits per heavy atom. The van der Waals surface area contributed by atoms with Crippen LogP contribution in [0.25, 0.3) is 17.1 Å². The number of pyridine rings is 1. The number of para-hydroxylation sites is 1. The van der Waals surface area contributed by atoms with Crippen LogP contribution < -0.4 is 10.2 Å². The van der Waals surface area contributed by atoms with Crippen LogP contribution in [0.3, 0.4) is 0 Å². The Balaban J connectivity index is 1.51. The highest BCUT2D eigenvalue weighted by atomic mass is 32.2. The first-order chi connectivity index (χ1) is 15.7. The molecule has 0 bridgehead atoms. The lowest BCUT2D eigenvalue weighted by Crippen LogP contribution is -2.20. The maximum absolute atomic E-state index is 12.3. The first kappa shape index (κ1) is 21.3. The summed E-state index contributed by atoms with van der Waals surface area (Å²) < 4.78 is 7.17. The third-order valence-electron chi connectivity index (χ3n) is 4.42. The summed E-state index contributed by atoms with van der Waals surface area (Å²) in [6.07, 6.45) is 4.88. The number of hydrogen-bond acceptors (Lipinski definition) is 7. The highest BCUT2D eigenvalue weighted by Crippen LogP contribution is 2.28. The lowest BCUT2D eigenvalue weighted by Gasteiger charge is -2.10. The zero-order chi connectivity index (χ0) is 22.2. The highest BCUT2D eigenvalue weighted by Gasteiger charge is 2.17. The van der Waals surface area contributed by atoms with Gasteiger partial charge in [-0.05, 0) is 42.5 Å². The molecule has 0 fully saturated rings. The highest BCUT2D eigenvalue weighted by molar-refractivity contribution is 7.99. The molecule has 0 saturated carbocycles. The van der Waals surface area contributed by atoms with Gasteiger partial charge in [-0.2, -0.15) is 5.10 Å². The zero-order valence-corrected chi connectivity index (χ0v) is 18.1. The van der Waals surface area contributed by atoms with Crippen molar-refractivity contribution in [2.75, 3.05) is 12.9 Å². The summed E-state index contributed by atoms with van der Waals surface area (Å²) in [5.41, 5.74) is 5.11. The van der Waals surface area contributed by atoms with Crippen LogP contribution in [-0.2, 0) is 4.79 Å². The lowest BCUT2D eigenvalue weighted by molar-refractivity contribution is -0.118. The normalized spacial score (nSPS) is 10.9. The summed E-state index contributed by atoms with van der Waals surface area (Å²) in [5, 5.41) is 13.3. The maximum atomic E-state index is 12.3. The molecule has 0 atom stereocenters. The summed E-state index contributed by atoms with van der Waals surface area (Å²) in [5.74, 6) is 1.33. The van der Waals surface area contributed by atoms with Gasteiger partial charge in [-0.15, -0.1) is 10.2 Å². The van der Waals surface area contributed by atoms with Gasteiger partial charge in [-0.1, -0.05) is 36.0 Å². The molecule has 4 rings (SSSR count). The Hall–Kier alpha value is -3.98. The number of amides is 1. The number of nitrogens with zero attached hydrogens (tertiary/aromatic N) is 5.